The Balaban J connectivity index is 2.75. The highest BCUT2D eigenvalue weighted by Gasteiger charge is 1.89. The molecule has 1 aromatic rings. The van der Waals surface area contributed by atoms with Gasteiger partial charge in [0.25, 0.3) is 0 Å². The van der Waals surface area contributed by atoms with Gasteiger partial charge in [-0.1, -0.05) is 0 Å². The number of guanidine groups is 1. The molecular formula is C8H10N4O. The second-order valence-corrected chi connectivity index (χ2v) is 2.30. The highest BCUT2D eigenvalue weighted by molar-refractivity contribution is 5.78. The molecule has 1 aromatic carbocycles. The smallest absolute Gasteiger partial charge is 0.235 e. The zero-order valence-corrected chi connectivity index (χ0v) is 7.18. The normalized spacial score (nSPS) is 12.2. The molecule has 0 aliphatic rings. The fourth-order valence-corrected chi connectivity index (χ4v) is 0.673. The number of nitrogens with two attached hydrogens (primary N) is 1. The number of hydrogen-bond donors (Lipinski definition) is 2. The molecule has 68 valence electrons. The van der Waals surface area contributed by atoms with Gasteiger partial charge in [0.05, 0.1) is 5.69 Å². The molecule has 0 heterocycles. The Hall–Kier alpha value is -1.91. The summed E-state index contributed by atoms with van der Waals surface area (Å²) in [6.07, 6.45) is 0. The van der Waals surface area contributed by atoms with Gasteiger partial charge in [-0.25, -0.2) is 0 Å². The number of aromatic hydroxyl groups is 1. The van der Waals surface area contributed by atoms with Crippen LogP contribution in [0.5, 0.6) is 5.75 Å². The SMILES string of the molecule is CN=C(N)N=Nc1ccc(O)cc1. The van der Waals surface area contributed by atoms with E-state index in [9.17, 15) is 0 Å². The number of aliphatic imine (C=N–C) groups is 1. The van der Waals surface area contributed by atoms with Crippen LogP contribution in [0.1, 0.15) is 0 Å². The fourth-order valence-electron chi connectivity index (χ4n) is 0.673. The second-order valence-electron chi connectivity index (χ2n) is 2.30. The summed E-state index contributed by atoms with van der Waals surface area (Å²) in [6, 6.07) is 6.30. The van der Waals surface area contributed by atoms with Crippen LogP contribution in [0.15, 0.2) is 39.5 Å². The Bertz CT molecular complexity index is 329. The van der Waals surface area contributed by atoms with Crippen molar-refractivity contribution in [1.82, 2.24) is 0 Å². The number of hydrogen-bond acceptors (Lipinski definition) is 3. The molecule has 0 aliphatic carbocycles. The van der Waals surface area contributed by atoms with Gasteiger partial charge in [-0.3, -0.25) is 4.99 Å². The summed E-state index contributed by atoms with van der Waals surface area (Å²) in [4.78, 5) is 3.61. The third-order valence-electron chi connectivity index (χ3n) is 1.35. The molecule has 1 rings (SSSR count). The number of phenolic OH excluding ortho intramolecular Hbond substituents is 1. The summed E-state index contributed by atoms with van der Waals surface area (Å²) >= 11 is 0. The van der Waals surface area contributed by atoms with Gasteiger partial charge in [0.1, 0.15) is 5.75 Å². The zero-order chi connectivity index (χ0) is 9.68. The molecule has 0 fully saturated rings. The Morgan fingerprint density at radius 3 is 2.46 bits per heavy atom. The first-order chi connectivity index (χ1) is 6.22. The van der Waals surface area contributed by atoms with Crippen molar-refractivity contribution in [2.75, 3.05) is 7.05 Å². The lowest BCUT2D eigenvalue weighted by molar-refractivity contribution is 0.475. The summed E-state index contributed by atoms with van der Waals surface area (Å²) in [5.74, 6) is 0.309. The molecule has 0 atom stereocenters. The Labute approximate surface area is 75.6 Å². The monoisotopic (exact) mass is 178 g/mol. The van der Waals surface area contributed by atoms with E-state index in [2.05, 4.69) is 15.2 Å². The maximum atomic E-state index is 8.96. The van der Waals surface area contributed by atoms with Crippen LogP contribution in [-0.4, -0.2) is 18.1 Å². The second kappa shape index (κ2) is 4.20. The lowest BCUT2D eigenvalue weighted by Gasteiger charge is -1.92. The van der Waals surface area contributed by atoms with Gasteiger partial charge < -0.3 is 10.8 Å². The lowest BCUT2D eigenvalue weighted by Crippen LogP contribution is -2.05. The summed E-state index contributed by atoms with van der Waals surface area (Å²) in [5.41, 5.74) is 5.91. The molecule has 0 bridgehead atoms. The largest absolute Gasteiger partial charge is 0.508 e. The van der Waals surface area contributed by atoms with Gasteiger partial charge in [0.15, 0.2) is 0 Å². The number of rotatable bonds is 1. The Morgan fingerprint density at radius 2 is 1.92 bits per heavy atom. The number of phenols is 1. The van der Waals surface area contributed by atoms with E-state index in [0.717, 1.165) is 0 Å². The topological polar surface area (TPSA) is 83.3 Å². The van der Waals surface area contributed by atoms with E-state index in [4.69, 9.17) is 10.8 Å². The maximum Gasteiger partial charge on any atom is 0.235 e. The van der Waals surface area contributed by atoms with Gasteiger partial charge in [0, 0.05) is 7.05 Å². The predicted molar refractivity (Wildman–Crippen MR) is 50.2 cm³/mol. The van der Waals surface area contributed by atoms with Gasteiger partial charge >= 0.3 is 0 Å². The molecule has 0 amide bonds. The van der Waals surface area contributed by atoms with Crippen molar-refractivity contribution in [1.29, 1.82) is 0 Å². The third kappa shape index (κ3) is 2.90. The maximum absolute atomic E-state index is 8.96. The van der Waals surface area contributed by atoms with E-state index < -0.39 is 0 Å². The highest BCUT2D eigenvalue weighted by atomic mass is 16.3. The number of nitrogens with zero attached hydrogens (tertiary/aromatic N) is 3. The average Bonchev–Trinajstić information content (AvgIpc) is 2.16. The van der Waals surface area contributed by atoms with E-state index in [1.165, 1.54) is 19.2 Å². The van der Waals surface area contributed by atoms with Crippen molar-refractivity contribution in [3.05, 3.63) is 24.3 Å². The Kier molecular flexibility index (Phi) is 2.97. The van der Waals surface area contributed by atoms with E-state index in [1.807, 2.05) is 0 Å². The van der Waals surface area contributed by atoms with Gasteiger partial charge in [0.2, 0.25) is 5.96 Å². The van der Waals surface area contributed by atoms with Gasteiger partial charge in [-0.05, 0) is 24.3 Å². The van der Waals surface area contributed by atoms with Crippen molar-refractivity contribution >= 4 is 11.6 Å². The standard InChI is InChI=1S/C8H10N4O/c1-10-8(9)12-11-6-2-4-7(13)5-3-6/h2-5,13H,1H3,(H2,9,10). The van der Waals surface area contributed by atoms with Crippen LogP contribution in [0.25, 0.3) is 0 Å². The van der Waals surface area contributed by atoms with Crippen LogP contribution < -0.4 is 5.73 Å². The van der Waals surface area contributed by atoms with Crippen molar-refractivity contribution < 1.29 is 5.11 Å². The third-order valence-corrected chi connectivity index (χ3v) is 1.35. The molecule has 0 saturated carbocycles. The molecule has 0 unspecified atom stereocenters. The van der Waals surface area contributed by atoms with E-state index in [0.29, 0.717) is 5.69 Å². The van der Waals surface area contributed by atoms with Crippen molar-refractivity contribution in [3.8, 4) is 5.75 Å². The van der Waals surface area contributed by atoms with Crippen molar-refractivity contribution in [3.63, 3.8) is 0 Å². The van der Waals surface area contributed by atoms with Crippen molar-refractivity contribution in [2.45, 2.75) is 0 Å². The van der Waals surface area contributed by atoms with Crippen LogP contribution in [-0.2, 0) is 0 Å². The summed E-state index contributed by atoms with van der Waals surface area (Å²) < 4.78 is 0. The Morgan fingerprint density at radius 1 is 1.31 bits per heavy atom. The van der Waals surface area contributed by atoms with Gasteiger partial charge in [-0.2, -0.15) is 0 Å². The lowest BCUT2D eigenvalue weighted by atomic mass is 10.3. The summed E-state index contributed by atoms with van der Waals surface area (Å²) in [7, 11) is 1.53. The molecule has 3 N–H and O–H groups in total. The summed E-state index contributed by atoms with van der Waals surface area (Å²) in [6.45, 7) is 0. The number of benzene rings is 1. The molecule has 5 heteroatoms. The average molecular weight is 178 g/mol. The van der Waals surface area contributed by atoms with Crippen LogP contribution in [0.3, 0.4) is 0 Å². The van der Waals surface area contributed by atoms with E-state index in [1.54, 1.807) is 12.1 Å². The van der Waals surface area contributed by atoms with Crippen LogP contribution in [0.2, 0.25) is 0 Å². The first-order valence-corrected chi connectivity index (χ1v) is 3.65. The minimum absolute atomic E-state index is 0.119. The first-order valence-electron chi connectivity index (χ1n) is 3.65. The molecule has 0 aliphatic heterocycles. The number of azo groups is 1. The van der Waals surface area contributed by atoms with Crippen molar-refractivity contribution in [2.24, 2.45) is 21.0 Å². The fraction of sp³-hybridized carbons (Fsp3) is 0.125. The minimum Gasteiger partial charge on any atom is -0.508 e. The van der Waals surface area contributed by atoms with Crippen LogP contribution in [0, 0.1) is 0 Å². The molecule has 0 saturated heterocycles. The molecule has 13 heavy (non-hydrogen) atoms. The van der Waals surface area contributed by atoms with Crippen LogP contribution >= 0.6 is 0 Å². The van der Waals surface area contributed by atoms with Gasteiger partial charge in [-0.15, -0.1) is 10.2 Å². The minimum atomic E-state index is 0.119. The first kappa shape index (κ1) is 9.18. The molecule has 5 nitrogen and oxygen atoms in total. The van der Waals surface area contributed by atoms with E-state index >= 15 is 0 Å². The van der Waals surface area contributed by atoms with Crippen LogP contribution in [0.4, 0.5) is 5.69 Å². The summed E-state index contributed by atoms with van der Waals surface area (Å²) in [5, 5.41) is 16.3. The quantitative estimate of drug-likeness (QED) is 0.387. The molecule has 0 spiro atoms. The van der Waals surface area contributed by atoms with E-state index in [-0.39, 0.29) is 11.7 Å². The molecule has 0 aromatic heterocycles. The molecular weight excluding hydrogens is 168 g/mol. The predicted octanol–water partition coefficient (Wildman–Crippen LogP) is 1.42. The molecule has 0 radical (unpaired) electrons. The highest BCUT2D eigenvalue weighted by Crippen LogP contribution is 2.16. The zero-order valence-electron chi connectivity index (χ0n) is 7.18.